The van der Waals surface area contributed by atoms with E-state index in [0.717, 1.165) is 15.6 Å². The quantitative estimate of drug-likeness (QED) is 0.309. The van der Waals surface area contributed by atoms with Crippen LogP contribution in [0.5, 0.6) is 11.5 Å². The second-order valence-corrected chi connectivity index (χ2v) is 6.40. The van der Waals surface area contributed by atoms with Crippen molar-refractivity contribution in [2.45, 2.75) is 13.0 Å². The molecule has 0 aliphatic carbocycles. The minimum atomic E-state index is -0.218. The Morgan fingerprint density at radius 2 is 1.89 bits per heavy atom. The standard InChI is InChI=1S/C19H23BrFN3O2.HI/c1-22-19(23-8-7-13-5-4-6-15(21)9-13)24-12-14-10-16(20)18(26-3)17(11-14)25-2;/h4-6,9-11H,7-8,12H2,1-3H3,(H2,22,23,24);1H. The molecule has 0 radical (unpaired) electrons. The number of methoxy groups -OCH3 is 2. The lowest BCUT2D eigenvalue weighted by molar-refractivity contribution is 0.352. The van der Waals surface area contributed by atoms with E-state index >= 15 is 0 Å². The van der Waals surface area contributed by atoms with Gasteiger partial charge in [0.15, 0.2) is 17.5 Å². The van der Waals surface area contributed by atoms with Gasteiger partial charge in [0.1, 0.15) is 5.82 Å². The monoisotopic (exact) mass is 551 g/mol. The van der Waals surface area contributed by atoms with Gasteiger partial charge >= 0.3 is 0 Å². The molecule has 27 heavy (non-hydrogen) atoms. The van der Waals surface area contributed by atoms with E-state index in [2.05, 4.69) is 31.6 Å². The molecule has 2 N–H and O–H groups in total. The molecule has 0 atom stereocenters. The molecule has 2 aromatic carbocycles. The van der Waals surface area contributed by atoms with Crippen LogP contribution in [0.15, 0.2) is 45.9 Å². The molecular weight excluding hydrogens is 528 g/mol. The summed E-state index contributed by atoms with van der Waals surface area (Å²) in [7, 11) is 4.92. The summed E-state index contributed by atoms with van der Waals surface area (Å²) in [6, 6.07) is 10.5. The Morgan fingerprint density at radius 3 is 2.52 bits per heavy atom. The van der Waals surface area contributed by atoms with Crippen LogP contribution in [0, 0.1) is 5.82 Å². The van der Waals surface area contributed by atoms with E-state index < -0.39 is 0 Å². The first-order valence-electron chi connectivity index (χ1n) is 8.16. The number of halogens is 3. The zero-order chi connectivity index (χ0) is 18.9. The number of aliphatic imine (C=N–C) groups is 1. The van der Waals surface area contributed by atoms with E-state index in [1.54, 1.807) is 33.4 Å². The lowest BCUT2D eigenvalue weighted by atomic mass is 10.1. The highest BCUT2D eigenvalue weighted by atomic mass is 127. The highest BCUT2D eigenvalue weighted by molar-refractivity contribution is 14.0. The fourth-order valence-electron chi connectivity index (χ4n) is 2.50. The molecule has 8 heteroatoms. The first-order chi connectivity index (χ1) is 12.6. The summed E-state index contributed by atoms with van der Waals surface area (Å²) < 4.78 is 24.7. The Kier molecular flexibility index (Phi) is 10.5. The Balaban J connectivity index is 0.00000364. The predicted octanol–water partition coefficient (Wildman–Crippen LogP) is 4.13. The summed E-state index contributed by atoms with van der Waals surface area (Å²) in [5, 5.41) is 6.47. The van der Waals surface area contributed by atoms with Crippen molar-refractivity contribution < 1.29 is 13.9 Å². The molecule has 0 aliphatic rings. The van der Waals surface area contributed by atoms with Crippen molar-refractivity contribution in [1.82, 2.24) is 10.6 Å². The largest absolute Gasteiger partial charge is 0.493 e. The molecule has 0 aliphatic heterocycles. The van der Waals surface area contributed by atoms with Gasteiger partial charge < -0.3 is 20.1 Å². The molecule has 148 valence electrons. The zero-order valence-electron chi connectivity index (χ0n) is 15.5. The number of nitrogens with zero attached hydrogens (tertiary/aromatic N) is 1. The maximum absolute atomic E-state index is 13.2. The van der Waals surface area contributed by atoms with E-state index in [0.29, 0.717) is 37.0 Å². The van der Waals surface area contributed by atoms with Crippen LogP contribution in [0.2, 0.25) is 0 Å². The predicted molar refractivity (Wildman–Crippen MR) is 121 cm³/mol. The fourth-order valence-corrected chi connectivity index (χ4v) is 3.15. The highest BCUT2D eigenvalue weighted by Gasteiger charge is 2.10. The third-order valence-electron chi connectivity index (χ3n) is 3.77. The Labute approximate surface area is 184 Å². The Morgan fingerprint density at radius 1 is 1.11 bits per heavy atom. The number of guanidine groups is 1. The molecule has 5 nitrogen and oxygen atoms in total. The van der Waals surface area contributed by atoms with E-state index in [1.165, 1.54) is 6.07 Å². The van der Waals surface area contributed by atoms with Crippen molar-refractivity contribution in [1.29, 1.82) is 0 Å². The third-order valence-corrected chi connectivity index (χ3v) is 4.36. The van der Waals surface area contributed by atoms with Gasteiger partial charge in [0.25, 0.3) is 0 Å². The smallest absolute Gasteiger partial charge is 0.191 e. The maximum atomic E-state index is 13.2. The number of hydrogen-bond donors (Lipinski definition) is 2. The summed E-state index contributed by atoms with van der Waals surface area (Å²) in [4.78, 5) is 4.20. The van der Waals surface area contributed by atoms with Crippen LogP contribution in [0.1, 0.15) is 11.1 Å². The summed E-state index contributed by atoms with van der Waals surface area (Å²) in [5.74, 6) is 1.78. The van der Waals surface area contributed by atoms with Crippen molar-refractivity contribution in [3.05, 3.63) is 57.8 Å². The van der Waals surface area contributed by atoms with Crippen molar-refractivity contribution in [3.8, 4) is 11.5 Å². The molecule has 0 saturated carbocycles. The van der Waals surface area contributed by atoms with Crippen LogP contribution in [-0.4, -0.2) is 33.8 Å². The topological polar surface area (TPSA) is 54.9 Å². The number of hydrogen-bond acceptors (Lipinski definition) is 3. The van der Waals surface area contributed by atoms with Gasteiger partial charge in [-0.05, 0) is 57.7 Å². The van der Waals surface area contributed by atoms with Gasteiger partial charge in [-0.1, -0.05) is 12.1 Å². The summed E-state index contributed by atoms with van der Waals surface area (Å²) in [6.07, 6.45) is 0.709. The fraction of sp³-hybridized carbons (Fsp3) is 0.316. The first-order valence-corrected chi connectivity index (χ1v) is 8.96. The molecule has 0 bridgehead atoms. The van der Waals surface area contributed by atoms with E-state index in [4.69, 9.17) is 9.47 Å². The molecule has 0 aromatic heterocycles. The molecule has 0 amide bonds. The Hall–Kier alpha value is -1.55. The third kappa shape index (κ3) is 7.17. The van der Waals surface area contributed by atoms with Crippen LogP contribution in [0.4, 0.5) is 4.39 Å². The van der Waals surface area contributed by atoms with Gasteiger partial charge in [0.05, 0.1) is 18.7 Å². The van der Waals surface area contributed by atoms with E-state index in [9.17, 15) is 4.39 Å². The average Bonchev–Trinajstić information content (AvgIpc) is 2.64. The lowest BCUT2D eigenvalue weighted by Crippen LogP contribution is -2.37. The lowest BCUT2D eigenvalue weighted by Gasteiger charge is -2.14. The van der Waals surface area contributed by atoms with Crippen molar-refractivity contribution in [3.63, 3.8) is 0 Å². The second kappa shape index (κ2) is 12.0. The van der Waals surface area contributed by atoms with Gasteiger partial charge in [-0.3, -0.25) is 4.99 Å². The minimum absolute atomic E-state index is 0. The van der Waals surface area contributed by atoms with Gasteiger partial charge in [0.2, 0.25) is 0 Å². The molecule has 0 heterocycles. The average molecular weight is 552 g/mol. The van der Waals surface area contributed by atoms with Crippen LogP contribution >= 0.6 is 39.9 Å². The highest BCUT2D eigenvalue weighted by Crippen LogP contribution is 2.36. The van der Waals surface area contributed by atoms with E-state index in [-0.39, 0.29) is 29.8 Å². The van der Waals surface area contributed by atoms with Crippen molar-refractivity contribution in [2.24, 2.45) is 4.99 Å². The van der Waals surface area contributed by atoms with Crippen LogP contribution in [0.3, 0.4) is 0 Å². The number of benzene rings is 2. The van der Waals surface area contributed by atoms with Gasteiger partial charge in [-0.25, -0.2) is 4.39 Å². The second-order valence-electron chi connectivity index (χ2n) is 5.55. The van der Waals surface area contributed by atoms with Crippen LogP contribution in [-0.2, 0) is 13.0 Å². The van der Waals surface area contributed by atoms with Gasteiger partial charge in [-0.2, -0.15) is 0 Å². The molecule has 0 fully saturated rings. The molecule has 2 rings (SSSR count). The summed E-state index contributed by atoms with van der Waals surface area (Å²) in [5.41, 5.74) is 1.96. The molecule has 0 unspecified atom stereocenters. The number of rotatable bonds is 7. The van der Waals surface area contributed by atoms with Crippen LogP contribution < -0.4 is 20.1 Å². The molecule has 0 saturated heterocycles. The summed E-state index contributed by atoms with van der Waals surface area (Å²) >= 11 is 3.49. The van der Waals surface area contributed by atoms with Crippen molar-refractivity contribution >= 4 is 45.9 Å². The molecule has 2 aromatic rings. The SMILES string of the molecule is CN=C(NCCc1cccc(F)c1)NCc1cc(Br)c(OC)c(OC)c1.I. The summed E-state index contributed by atoms with van der Waals surface area (Å²) in [6.45, 7) is 1.22. The van der Waals surface area contributed by atoms with Gasteiger partial charge in [-0.15, -0.1) is 24.0 Å². The molecule has 0 spiro atoms. The maximum Gasteiger partial charge on any atom is 0.191 e. The number of nitrogens with one attached hydrogen (secondary N) is 2. The van der Waals surface area contributed by atoms with E-state index in [1.807, 2.05) is 18.2 Å². The molecular formula is C19H24BrFIN3O2. The Bertz CT molecular complexity index is 775. The number of ether oxygens (including phenoxy) is 2. The normalized spacial score (nSPS) is 10.8. The van der Waals surface area contributed by atoms with Crippen molar-refractivity contribution in [2.75, 3.05) is 27.8 Å². The zero-order valence-corrected chi connectivity index (χ0v) is 19.4. The first kappa shape index (κ1) is 23.5. The minimum Gasteiger partial charge on any atom is -0.493 e. The van der Waals surface area contributed by atoms with Crippen LogP contribution in [0.25, 0.3) is 0 Å². The van der Waals surface area contributed by atoms with Gasteiger partial charge in [0, 0.05) is 20.1 Å².